The Morgan fingerprint density at radius 1 is 1.19 bits per heavy atom. The summed E-state index contributed by atoms with van der Waals surface area (Å²) in [5.41, 5.74) is 1.03. The van der Waals surface area contributed by atoms with Gasteiger partial charge in [-0.05, 0) is 30.7 Å². The van der Waals surface area contributed by atoms with Crippen LogP contribution in [0.4, 0.5) is 0 Å². The average Bonchev–Trinajstić information content (AvgIpc) is 2.89. The first kappa shape index (κ1) is 14.1. The van der Waals surface area contributed by atoms with Crippen LogP contribution in [0.2, 0.25) is 5.02 Å². The number of pyridine rings is 1. The van der Waals surface area contributed by atoms with Crippen LogP contribution in [0.3, 0.4) is 0 Å². The first-order valence-electron chi connectivity index (χ1n) is 6.51. The van der Waals surface area contributed by atoms with Gasteiger partial charge in [-0.25, -0.2) is 17.4 Å². The van der Waals surface area contributed by atoms with E-state index in [2.05, 4.69) is 4.98 Å². The molecule has 0 N–H and O–H groups in total. The Morgan fingerprint density at radius 2 is 1.90 bits per heavy atom. The molecule has 4 nitrogen and oxygen atoms in total. The molecular formula is C15H13ClN2O2S. The monoisotopic (exact) mass is 320 g/mol. The van der Waals surface area contributed by atoms with Crippen molar-refractivity contribution in [2.75, 3.05) is 0 Å². The Hall–Kier alpha value is -1.85. The summed E-state index contributed by atoms with van der Waals surface area (Å²) in [6.07, 6.45) is 2.08. The minimum atomic E-state index is -3.69. The van der Waals surface area contributed by atoms with Crippen LogP contribution in [-0.2, 0) is 16.4 Å². The lowest BCUT2D eigenvalue weighted by Gasteiger charge is -2.10. The molecule has 0 radical (unpaired) electrons. The second kappa shape index (κ2) is 5.16. The van der Waals surface area contributed by atoms with Crippen molar-refractivity contribution in [3.8, 4) is 0 Å². The highest BCUT2D eigenvalue weighted by Crippen LogP contribution is 2.29. The van der Waals surface area contributed by atoms with Crippen molar-refractivity contribution in [3.63, 3.8) is 0 Å². The Bertz CT molecular complexity index is 902. The Kier molecular flexibility index (Phi) is 3.47. The summed E-state index contributed by atoms with van der Waals surface area (Å²) < 4.78 is 27.0. The Morgan fingerprint density at radius 3 is 2.57 bits per heavy atom. The van der Waals surface area contributed by atoms with Crippen molar-refractivity contribution in [2.24, 2.45) is 0 Å². The fraction of sp³-hybridized carbons (Fsp3) is 0.133. The van der Waals surface area contributed by atoms with E-state index in [0.29, 0.717) is 28.2 Å². The van der Waals surface area contributed by atoms with Gasteiger partial charge in [0.1, 0.15) is 0 Å². The van der Waals surface area contributed by atoms with Crippen molar-refractivity contribution >= 4 is 32.7 Å². The summed E-state index contributed by atoms with van der Waals surface area (Å²) in [6.45, 7) is 1.90. The second-order valence-corrected chi connectivity index (χ2v) is 6.80. The second-order valence-electron chi connectivity index (χ2n) is 4.60. The van der Waals surface area contributed by atoms with Crippen molar-refractivity contribution < 1.29 is 8.42 Å². The molecule has 0 amide bonds. The number of rotatable bonds is 3. The van der Waals surface area contributed by atoms with E-state index in [0.717, 1.165) is 0 Å². The fourth-order valence-corrected chi connectivity index (χ4v) is 4.08. The van der Waals surface area contributed by atoms with E-state index in [1.807, 2.05) is 6.92 Å². The zero-order valence-corrected chi connectivity index (χ0v) is 12.9. The van der Waals surface area contributed by atoms with Gasteiger partial charge in [0.15, 0.2) is 5.65 Å². The lowest BCUT2D eigenvalue weighted by molar-refractivity contribution is 0.587. The van der Waals surface area contributed by atoms with Crippen LogP contribution in [0.15, 0.2) is 53.6 Å². The molecular weight excluding hydrogens is 308 g/mol. The van der Waals surface area contributed by atoms with E-state index < -0.39 is 10.0 Å². The molecule has 0 aliphatic rings. The van der Waals surface area contributed by atoms with Crippen molar-refractivity contribution in [3.05, 3.63) is 59.4 Å². The molecule has 3 aromatic rings. The number of aromatic nitrogens is 2. The Labute approximate surface area is 128 Å². The van der Waals surface area contributed by atoms with Crippen LogP contribution >= 0.6 is 11.6 Å². The highest BCUT2D eigenvalue weighted by Gasteiger charge is 2.23. The molecule has 0 aliphatic carbocycles. The van der Waals surface area contributed by atoms with Gasteiger partial charge in [0.25, 0.3) is 10.0 Å². The van der Waals surface area contributed by atoms with E-state index in [9.17, 15) is 8.42 Å². The van der Waals surface area contributed by atoms with Gasteiger partial charge in [0.2, 0.25) is 0 Å². The molecule has 3 rings (SSSR count). The molecule has 0 bridgehead atoms. The number of nitrogens with zero attached hydrogens (tertiary/aromatic N) is 2. The van der Waals surface area contributed by atoms with Gasteiger partial charge in [0, 0.05) is 17.3 Å². The maximum Gasteiger partial charge on any atom is 0.269 e. The van der Waals surface area contributed by atoms with Crippen LogP contribution in [0.5, 0.6) is 0 Å². The number of benzene rings is 1. The van der Waals surface area contributed by atoms with Crippen molar-refractivity contribution in [1.82, 2.24) is 8.96 Å². The van der Waals surface area contributed by atoms with Crippen molar-refractivity contribution in [1.29, 1.82) is 0 Å². The van der Waals surface area contributed by atoms with Gasteiger partial charge in [-0.3, -0.25) is 0 Å². The minimum Gasteiger partial charge on any atom is -0.237 e. The molecule has 0 saturated carbocycles. The zero-order chi connectivity index (χ0) is 15.0. The number of hydrogen-bond acceptors (Lipinski definition) is 3. The van der Waals surface area contributed by atoms with Gasteiger partial charge in [0.05, 0.1) is 9.92 Å². The van der Waals surface area contributed by atoms with Gasteiger partial charge in [-0.1, -0.05) is 36.7 Å². The van der Waals surface area contributed by atoms with E-state index in [1.165, 1.54) is 10.2 Å². The molecule has 21 heavy (non-hydrogen) atoms. The minimum absolute atomic E-state index is 0.235. The third-order valence-corrected chi connectivity index (χ3v) is 5.41. The highest BCUT2D eigenvalue weighted by molar-refractivity contribution is 7.90. The van der Waals surface area contributed by atoms with Gasteiger partial charge >= 0.3 is 0 Å². The average molecular weight is 321 g/mol. The van der Waals surface area contributed by atoms with Gasteiger partial charge in [-0.15, -0.1) is 0 Å². The molecule has 1 aromatic carbocycles. The highest BCUT2D eigenvalue weighted by atomic mass is 35.5. The van der Waals surface area contributed by atoms with Crippen LogP contribution in [-0.4, -0.2) is 17.4 Å². The zero-order valence-electron chi connectivity index (χ0n) is 11.3. The van der Waals surface area contributed by atoms with Crippen LogP contribution in [0.25, 0.3) is 11.0 Å². The topological polar surface area (TPSA) is 52.0 Å². The fourth-order valence-electron chi connectivity index (χ4n) is 2.31. The van der Waals surface area contributed by atoms with E-state index in [-0.39, 0.29) is 4.90 Å². The van der Waals surface area contributed by atoms with Crippen LogP contribution < -0.4 is 0 Å². The van der Waals surface area contributed by atoms with E-state index >= 15 is 0 Å². The summed E-state index contributed by atoms with van der Waals surface area (Å²) in [7, 11) is -3.69. The standard InChI is InChI=1S/C15H13ClN2O2S/c1-2-11-10-13-14(16)8-9-17-15(13)18(11)21(19,20)12-6-4-3-5-7-12/h3-10H,2H2,1H3. The predicted molar refractivity (Wildman–Crippen MR) is 83.1 cm³/mol. The maximum absolute atomic E-state index is 12.9. The Balaban J connectivity index is 2.37. The quantitative estimate of drug-likeness (QED) is 0.742. The summed E-state index contributed by atoms with van der Waals surface area (Å²) in [5.74, 6) is 0. The molecule has 0 spiro atoms. The van der Waals surface area contributed by atoms with E-state index in [4.69, 9.17) is 11.6 Å². The van der Waals surface area contributed by atoms with Crippen molar-refractivity contribution in [2.45, 2.75) is 18.2 Å². The third-order valence-electron chi connectivity index (χ3n) is 3.32. The lowest BCUT2D eigenvalue weighted by atomic mass is 10.3. The number of aryl methyl sites for hydroxylation is 1. The predicted octanol–water partition coefficient (Wildman–Crippen LogP) is 3.49. The molecule has 0 unspecified atom stereocenters. The van der Waals surface area contributed by atoms with Gasteiger partial charge in [-0.2, -0.15) is 0 Å². The molecule has 2 heterocycles. The molecule has 2 aromatic heterocycles. The largest absolute Gasteiger partial charge is 0.269 e. The van der Waals surface area contributed by atoms with E-state index in [1.54, 1.807) is 42.5 Å². The SMILES string of the molecule is CCc1cc2c(Cl)ccnc2n1S(=O)(=O)c1ccccc1. The first-order chi connectivity index (χ1) is 10.1. The lowest BCUT2D eigenvalue weighted by Crippen LogP contribution is -2.15. The summed E-state index contributed by atoms with van der Waals surface area (Å²) in [6, 6.07) is 11.8. The summed E-state index contributed by atoms with van der Waals surface area (Å²) in [5, 5.41) is 1.15. The summed E-state index contributed by atoms with van der Waals surface area (Å²) >= 11 is 6.15. The number of fused-ring (bicyclic) bond motifs is 1. The molecule has 0 atom stereocenters. The smallest absolute Gasteiger partial charge is 0.237 e. The molecule has 6 heteroatoms. The number of halogens is 1. The molecule has 0 fully saturated rings. The molecule has 0 aliphatic heterocycles. The normalized spacial score (nSPS) is 11.9. The van der Waals surface area contributed by atoms with Crippen LogP contribution in [0.1, 0.15) is 12.6 Å². The first-order valence-corrected chi connectivity index (χ1v) is 8.33. The summed E-state index contributed by atoms with van der Waals surface area (Å²) in [4.78, 5) is 4.44. The van der Waals surface area contributed by atoms with Gasteiger partial charge < -0.3 is 0 Å². The maximum atomic E-state index is 12.9. The third kappa shape index (κ3) is 2.22. The number of hydrogen-bond donors (Lipinski definition) is 0. The molecule has 0 saturated heterocycles. The molecule has 108 valence electrons. The van der Waals surface area contributed by atoms with Crippen LogP contribution in [0, 0.1) is 0 Å².